The van der Waals surface area contributed by atoms with Crippen molar-refractivity contribution in [3.8, 4) is 16.3 Å². The van der Waals surface area contributed by atoms with E-state index >= 15 is 0 Å². The normalized spacial score (nSPS) is 11.1. The minimum Gasteiger partial charge on any atom is -0.486 e. The molecule has 4 aromatic rings. The maximum absolute atomic E-state index is 13.0. The molecule has 0 radical (unpaired) electrons. The molecular formula is C16H10F2N4OS. The average Bonchev–Trinajstić information content (AvgIpc) is 3.16. The van der Waals surface area contributed by atoms with Crippen molar-refractivity contribution in [2.24, 2.45) is 0 Å². The van der Waals surface area contributed by atoms with E-state index in [0.717, 1.165) is 5.56 Å². The van der Waals surface area contributed by atoms with Crippen LogP contribution in [0.15, 0.2) is 48.5 Å². The lowest BCUT2D eigenvalue weighted by Crippen LogP contribution is -2.02. The summed E-state index contributed by atoms with van der Waals surface area (Å²) in [5.74, 6) is 0.437. The van der Waals surface area contributed by atoms with Crippen LogP contribution in [0.4, 0.5) is 8.78 Å². The molecule has 0 saturated carbocycles. The third kappa shape index (κ3) is 2.83. The van der Waals surface area contributed by atoms with Gasteiger partial charge in [-0.3, -0.25) is 0 Å². The van der Waals surface area contributed by atoms with E-state index in [9.17, 15) is 8.78 Å². The molecule has 0 spiro atoms. The Morgan fingerprint density at radius 3 is 2.29 bits per heavy atom. The lowest BCUT2D eigenvalue weighted by Gasteiger charge is -2.03. The first-order chi connectivity index (χ1) is 11.7. The minimum atomic E-state index is -0.323. The van der Waals surface area contributed by atoms with Gasteiger partial charge >= 0.3 is 0 Å². The van der Waals surface area contributed by atoms with Crippen molar-refractivity contribution < 1.29 is 13.5 Å². The Bertz CT molecular complexity index is 980. The van der Waals surface area contributed by atoms with Crippen LogP contribution in [-0.4, -0.2) is 19.8 Å². The standard InChI is InChI=1S/C16H10F2N4OS/c17-11-3-1-10(2-4-11)15-21-22-14(19-20-16(22)24-15)9-23-13-7-5-12(18)6-8-13/h1-8H,9H2. The van der Waals surface area contributed by atoms with Crippen LogP contribution in [0.5, 0.6) is 5.75 Å². The predicted molar refractivity (Wildman–Crippen MR) is 84.8 cm³/mol. The molecule has 8 heteroatoms. The Hall–Kier alpha value is -2.87. The second-order valence-corrected chi connectivity index (χ2v) is 5.92. The van der Waals surface area contributed by atoms with Crippen LogP contribution in [0.25, 0.3) is 15.5 Å². The van der Waals surface area contributed by atoms with Gasteiger partial charge in [0.05, 0.1) is 0 Å². The molecule has 2 aromatic heterocycles. The van der Waals surface area contributed by atoms with Gasteiger partial charge in [-0.25, -0.2) is 8.78 Å². The SMILES string of the molecule is Fc1ccc(OCc2nnc3sc(-c4ccc(F)cc4)nn23)cc1. The maximum Gasteiger partial charge on any atom is 0.235 e. The van der Waals surface area contributed by atoms with Gasteiger partial charge in [0.1, 0.15) is 29.0 Å². The van der Waals surface area contributed by atoms with Crippen molar-refractivity contribution in [2.45, 2.75) is 6.61 Å². The molecule has 24 heavy (non-hydrogen) atoms. The molecule has 0 atom stereocenters. The highest BCUT2D eigenvalue weighted by atomic mass is 32.1. The Labute approximate surface area is 139 Å². The largest absolute Gasteiger partial charge is 0.486 e. The number of halogens is 2. The van der Waals surface area contributed by atoms with E-state index in [1.54, 1.807) is 28.8 Å². The van der Waals surface area contributed by atoms with E-state index in [4.69, 9.17) is 4.74 Å². The number of rotatable bonds is 4. The highest BCUT2D eigenvalue weighted by Crippen LogP contribution is 2.25. The monoisotopic (exact) mass is 344 g/mol. The molecule has 0 fully saturated rings. The van der Waals surface area contributed by atoms with Gasteiger partial charge in [-0.2, -0.15) is 9.61 Å². The van der Waals surface area contributed by atoms with Gasteiger partial charge in [0, 0.05) is 5.56 Å². The number of nitrogens with zero attached hydrogens (tertiary/aromatic N) is 4. The van der Waals surface area contributed by atoms with E-state index < -0.39 is 0 Å². The van der Waals surface area contributed by atoms with Crippen LogP contribution in [-0.2, 0) is 6.61 Å². The van der Waals surface area contributed by atoms with Crippen molar-refractivity contribution >= 4 is 16.3 Å². The Kier molecular flexibility index (Phi) is 3.66. The van der Waals surface area contributed by atoms with Crippen LogP contribution in [0, 0.1) is 11.6 Å². The number of ether oxygens (including phenoxy) is 1. The van der Waals surface area contributed by atoms with Crippen molar-refractivity contribution in [1.29, 1.82) is 0 Å². The second-order valence-electron chi connectivity index (χ2n) is 4.97. The average molecular weight is 344 g/mol. The minimum absolute atomic E-state index is 0.152. The smallest absolute Gasteiger partial charge is 0.235 e. The summed E-state index contributed by atoms with van der Waals surface area (Å²) in [6.45, 7) is 0.152. The topological polar surface area (TPSA) is 52.3 Å². The van der Waals surface area contributed by atoms with E-state index in [1.165, 1.54) is 35.6 Å². The third-order valence-electron chi connectivity index (χ3n) is 3.33. The van der Waals surface area contributed by atoms with E-state index in [-0.39, 0.29) is 18.2 Å². The van der Waals surface area contributed by atoms with Crippen LogP contribution in [0.3, 0.4) is 0 Å². The molecule has 0 N–H and O–H groups in total. The molecule has 4 rings (SSSR count). The van der Waals surface area contributed by atoms with Gasteiger partial charge in [-0.15, -0.1) is 10.2 Å². The molecule has 0 saturated heterocycles. The third-order valence-corrected chi connectivity index (χ3v) is 4.28. The van der Waals surface area contributed by atoms with Crippen LogP contribution < -0.4 is 4.74 Å². The number of hydrogen-bond acceptors (Lipinski definition) is 5. The summed E-state index contributed by atoms with van der Waals surface area (Å²) in [6.07, 6.45) is 0. The molecule has 2 heterocycles. The summed E-state index contributed by atoms with van der Waals surface area (Å²) in [5.41, 5.74) is 0.803. The van der Waals surface area contributed by atoms with Crippen LogP contribution in [0.2, 0.25) is 0 Å². The zero-order chi connectivity index (χ0) is 16.5. The first-order valence-corrected chi connectivity index (χ1v) is 7.86. The fourth-order valence-electron chi connectivity index (χ4n) is 2.14. The van der Waals surface area contributed by atoms with E-state index in [0.29, 0.717) is 21.5 Å². The fraction of sp³-hybridized carbons (Fsp3) is 0.0625. The molecule has 0 bridgehead atoms. The van der Waals surface area contributed by atoms with Gasteiger partial charge in [0.2, 0.25) is 4.96 Å². The number of hydrogen-bond donors (Lipinski definition) is 0. The number of fused-ring (bicyclic) bond motifs is 1. The number of benzene rings is 2. The molecular weight excluding hydrogens is 334 g/mol. The maximum atomic E-state index is 13.0. The fourth-order valence-corrected chi connectivity index (χ4v) is 3.00. The highest BCUT2D eigenvalue weighted by Gasteiger charge is 2.13. The predicted octanol–water partition coefficient (Wildman–Crippen LogP) is 3.71. The van der Waals surface area contributed by atoms with E-state index in [2.05, 4.69) is 15.3 Å². The van der Waals surface area contributed by atoms with Crippen molar-refractivity contribution in [2.75, 3.05) is 0 Å². The molecule has 0 amide bonds. The van der Waals surface area contributed by atoms with Crippen LogP contribution in [0.1, 0.15) is 5.82 Å². The second kappa shape index (κ2) is 5.97. The Morgan fingerprint density at radius 1 is 0.917 bits per heavy atom. The summed E-state index contributed by atoms with van der Waals surface area (Å²) in [5, 5.41) is 13.3. The molecule has 120 valence electrons. The summed E-state index contributed by atoms with van der Waals surface area (Å²) >= 11 is 1.35. The van der Waals surface area contributed by atoms with Crippen molar-refractivity contribution in [1.82, 2.24) is 19.8 Å². The Morgan fingerprint density at radius 2 is 1.58 bits per heavy atom. The lowest BCUT2D eigenvalue weighted by molar-refractivity contribution is 0.292. The number of aromatic nitrogens is 4. The summed E-state index contributed by atoms with van der Waals surface area (Å²) in [7, 11) is 0. The van der Waals surface area contributed by atoms with Gasteiger partial charge < -0.3 is 4.74 Å². The lowest BCUT2D eigenvalue weighted by atomic mass is 10.2. The summed E-state index contributed by atoms with van der Waals surface area (Å²) in [4.78, 5) is 0.618. The van der Waals surface area contributed by atoms with E-state index in [1.807, 2.05) is 0 Å². The zero-order valence-electron chi connectivity index (χ0n) is 12.2. The molecule has 5 nitrogen and oxygen atoms in total. The van der Waals surface area contributed by atoms with Gasteiger partial charge in [-0.1, -0.05) is 11.3 Å². The van der Waals surface area contributed by atoms with Crippen LogP contribution >= 0.6 is 11.3 Å². The van der Waals surface area contributed by atoms with Gasteiger partial charge in [0.25, 0.3) is 0 Å². The quantitative estimate of drug-likeness (QED) is 0.566. The Balaban J connectivity index is 1.58. The molecule has 0 aliphatic carbocycles. The highest BCUT2D eigenvalue weighted by molar-refractivity contribution is 7.19. The summed E-state index contributed by atoms with van der Waals surface area (Å²) < 4.78 is 33.1. The summed E-state index contributed by atoms with van der Waals surface area (Å²) in [6, 6.07) is 11.8. The first-order valence-electron chi connectivity index (χ1n) is 7.04. The molecule has 2 aromatic carbocycles. The first kappa shape index (κ1) is 14.7. The molecule has 0 unspecified atom stereocenters. The molecule has 0 aliphatic rings. The van der Waals surface area contributed by atoms with Crippen molar-refractivity contribution in [3.63, 3.8) is 0 Å². The van der Waals surface area contributed by atoms with Gasteiger partial charge in [0.15, 0.2) is 5.82 Å². The zero-order valence-corrected chi connectivity index (χ0v) is 13.0. The van der Waals surface area contributed by atoms with Gasteiger partial charge in [-0.05, 0) is 48.5 Å². The molecule has 0 aliphatic heterocycles. The van der Waals surface area contributed by atoms with Crippen molar-refractivity contribution in [3.05, 3.63) is 66.0 Å².